The van der Waals surface area contributed by atoms with Crippen LogP contribution in [0.25, 0.3) is 0 Å². The molecule has 13 heavy (non-hydrogen) atoms. The molecule has 2 atom stereocenters. The normalized spacial score (nSPS) is 25.7. The lowest BCUT2D eigenvalue weighted by atomic mass is 10.1. The van der Waals surface area contributed by atoms with Gasteiger partial charge in [-0.1, -0.05) is 24.3 Å². The van der Waals surface area contributed by atoms with E-state index in [0.29, 0.717) is 12.8 Å². The average molecular weight is 182 g/mol. The van der Waals surface area contributed by atoms with E-state index in [4.69, 9.17) is 4.74 Å². The zero-order chi connectivity index (χ0) is 9.68. The van der Waals surface area contributed by atoms with Crippen molar-refractivity contribution < 1.29 is 14.6 Å². The monoisotopic (exact) mass is 182 g/mol. The molecule has 0 radical (unpaired) electrons. The molecular weight excluding hydrogens is 168 g/mol. The van der Waals surface area contributed by atoms with Gasteiger partial charge >= 0.3 is 5.97 Å². The van der Waals surface area contributed by atoms with E-state index in [0.717, 1.165) is 0 Å². The molecular formula is C10H14O3. The van der Waals surface area contributed by atoms with Crippen LogP contribution in [0.15, 0.2) is 24.3 Å². The number of esters is 1. The Bertz CT molecular complexity index is 230. The van der Waals surface area contributed by atoms with Crippen molar-refractivity contribution in [3.63, 3.8) is 0 Å². The summed E-state index contributed by atoms with van der Waals surface area (Å²) in [7, 11) is 0. The van der Waals surface area contributed by atoms with E-state index >= 15 is 0 Å². The van der Waals surface area contributed by atoms with Gasteiger partial charge in [-0.2, -0.15) is 0 Å². The number of allylic oxidation sites excluding steroid dienone is 3. The molecule has 0 amide bonds. The van der Waals surface area contributed by atoms with Gasteiger partial charge in [0.05, 0.1) is 0 Å². The van der Waals surface area contributed by atoms with Crippen LogP contribution >= 0.6 is 0 Å². The maximum atomic E-state index is 10.7. The van der Waals surface area contributed by atoms with Crippen molar-refractivity contribution in [1.29, 1.82) is 0 Å². The minimum Gasteiger partial charge on any atom is -0.459 e. The van der Waals surface area contributed by atoms with Crippen LogP contribution in [0.5, 0.6) is 0 Å². The van der Waals surface area contributed by atoms with Crippen molar-refractivity contribution >= 4 is 5.97 Å². The number of carbonyl (C=O) groups is 1. The van der Waals surface area contributed by atoms with Gasteiger partial charge in [0.25, 0.3) is 0 Å². The Balaban J connectivity index is 2.39. The first-order valence-electron chi connectivity index (χ1n) is 4.41. The highest BCUT2D eigenvalue weighted by Gasteiger charge is 2.27. The number of aliphatic hydroxyl groups excluding tert-OH is 1. The summed E-state index contributed by atoms with van der Waals surface area (Å²) in [6.07, 6.45) is 7.06. The fraction of sp³-hybridized carbons (Fsp3) is 0.500. The van der Waals surface area contributed by atoms with Crippen molar-refractivity contribution in [1.82, 2.24) is 0 Å². The number of hydrogen-bond donors (Lipinski definition) is 1. The molecule has 1 fully saturated rings. The number of ether oxygens (including phenoxy) is 1. The molecule has 3 nitrogen and oxygen atoms in total. The summed E-state index contributed by atoms with van der Waals surface area (Å²) in [5.41, 5.74) is 0. The van der Waals surface area contributed by atoms with Crippen LogP contribution in [0.1, 0.15) is 19.8 Å². The van der Waals surface area contributed by atoms with E-state index in [2.05, 4.69) is 0 Å². The van der Waals surface area contributed by atoms with Gasteiger partial charge in [-0.05, 0) is 13.3 Å². The van der Waals surface area contributed by atoms with Gasteiger partial charge in [-0.25, -0.2) is 0 Å². The number of rotatable bonds is 3. The van der Waals surface area contributed by atoms with Crippen LogP contribution in [0.3, 0.4) is 0 Å². The first-order chi connectivity index (χ1) is 6.24. The zero-order valence-corrected chi connectivity index (χ0v) is 7.64. The van der Waals surface area contributed by atoms with Gasteiger partial charge in [-0.3, -0.25) is 4.79 Å². The standard InChI is InChI=1S/C10H14O3/c1-2-3-4-5-8(11)9-6-7-10(12)13-9/h2-5,8-9,11H,6-7H2,1H3/b3-2+,5-4-/t8-,9+/m1/s1. The fourth-order valence-electron chi connectivity index (χ4n) is 1.20. The summed E-state index contributed by atoms with van der Waals surface area (Å²) < 4.78 is 4.89. The van der Waals surface area contributed by atoms with Crippen molar-refractivity contribution in [2.75, 3.05) is 0 Å². The second-order valence-electron chi connectivity index (χ2n) is 2.97. The Kier molecular flexibility index (Phi) is 3.71. The Morgan fingerprint density at radius 2 is 2.38 bits per heavy atom. The quantitative estimate of drug-likeness (QED) is 0.526. The molecule has 0 aromatic heterocycles. The highest BCUT2D eigenvalue weighted by molar-refractivity contribution is 5.71. The molecule has 0 aromatic carbocycles. The molecule has 1 saturated heterocycles. The third-order valence-electron chi connectivity index (χ3n) is 1.91. The highest BCUT2D eigenvalue weighted by Crippen LogP contribution is 2.17. The van der Waals surface area contributed by atoms with Crippen LogP contribution in [0, 0.1) is 0 Å². The van der Waals surface area contributed by atoms with Crippen LogP contribution in [-0.4, -0.2) is 23.3 Å². The molecule has 0 aliphatic carbocycles. The van der Waals surface area contributed by atoms with Crippen LogP contribution in [0.2, 0.25) is 0 Å². The van der Waals surface area contributed by atoms with Gasteiger partial charge in [-0.15, -0.1) is 0 Å². The minimum atomic E-state index is -0.678. The van der Waals surface area contributed by atoms with Crippen LogP contribution < -0.4 is 0 Å². The maximum absolute atomic E-state index is 10.7. The molecule has 1 aliphatic rings. The molecule has 1 heterocycles. The Labute approximate surface area is 77.7 Å². The number of aliphatic hydroxyl groups is 1. The second-order valence-corrected chi connectivity index (χ2v) is 2.97. The van der Waals surface area contributed by atoms with Crippen molar-refractivity contribution in [2.24, 2.45) is 0 Å². The second kappa shape index (κ2) is 4.82. The summed E-state index contributed by atoms with van der Waals surface area (Å²) in [5, 5.41) is 9.50. The third kappa shape index (κ3) is 3.03. The number of cyclic esters (lactones) is 1. The zero-order valence-electron chi connectivity index (χ0n) is 7.64. The lowest BCUT2D eigenvalue weighted by molar-refractivity contribution is -0.144. The third-order valence-corrected chi connectivity index (χ3v) is 1.91. The van der Waals surface area contributed by atoms with Crippen LogP contribution in [0.4, 0.5) is 0 Å². The molecule has 0 aromatic rings. The smallest absolute Gasteiger partial charge is 0.306 e. The Hall–Kier alpha value is -1.09. The molecule has 0 unspecified atom stereocenters. The molecule has 1 rings (SSSR count). The van der Waals surface area contributed by atoms with Crippen molar-refractivity contribution in [2.45, 2.75) is 32.0 Å². The predicted molar refractivity (Wildman–Crippen MR) is 49.1 cm³/mol. The number of hydrogen-bond acceptors (Lipinski definition) is 3. The maximum Gasteiger partial charge on any atom is 0.306 e. The van der Waals surface area contributed by atoms with Gasteiger partial charge in [0.15, 0.2) is 0 Å². The van der Waals surface area contributed by atoms with E-state index < -0.39 is 6.10 Å². The van der Waals surface area contributed by atoms with E-state index in [1.54, 1.807) is 12.2 Å². The largest absolute Gasteiger partial charge is 0.459 e. The minimum absolute atomic E-state index is 0.219. The fourth-order valence-corrected chi connectivity index (χ4v) is 1.20. The van der Waals surface area contributed by atoms with Crippen molar-refractivity contribution in [3.05, 3.63) is 24.3 Å². The molecule has 72 valence electrons. The Morgan fingerprint density at radius 1 is 1.62 bits per heavy atom. The summed E-state index contributed by atoms with van der Waals surface area (Å²) in [4.78, 5) is 10.7. The summed E-state index contributed by atoms with van der Waals surface area (Å²) >= 11 is 0. The van der Waals surface area contributed by atoms with Gasteiger partial charge in [0.1, 0.15) is 12.2 Å². The molecule has 1 aliphatic heterocycles. The summed E-state index contributed by atoms with van der Waals surface area (Å²) in [6, 6.07) is 0. The van der Waals surface area contributed by atoms with Gasteiger partial charge in [0, 0.05) is 6.42 Å². The van der Waals surface area contributed by atoms with E-state index in [1.165, 1.54) is 0 Å². The predicted octanol–water partition coefficient (Wildman–Crippen LogP) is 1.19. The SMILES string of the molecule is C/C=C/C=C\[C@@H](O)[C@@H]1CCC(=O)O1. The lowest BCUT2D eigenvalue weighted by Crippen LogP contribution is -2.23. The lowest BCUT2D eigenvalue weighted by Gasteiger charge is -2.12. The first-order valence-corrected chi connectivity index (χ1v) is 4.41. The topological polar surface area (TPSA) is 46.5 Å². The molecule has 3 heteroatoms. The molecule has 0 saturated carbocycles. The van der Waals surface area contributed by atoms with E-state index in [1.807, 2.05) is 19.1 Å². The van der Waals surface area contributed by atoms with Crippen LogP contribution in [-0.2, 0) is 9.53 Å². The van der Waals surface area contributed by atoms with E-state index in [-0.39, 0.29) is 12.1 Å². The van der Waals surface area contributed by atoms with Crippen molar-refractivity contribution in [3.8, 4) is 0 Å². The molecule has 0 spiro atoms. The molecule has 0 bridgehead atoms. The van der Waals surface area contributed by atoms with Gasteiger partial charge in [0.2, 0.25) is 0 Å². The number of carbonyl (C=O) groups excluding carboxylic acids is 1. The average Bonchev–Trinajstić information content (AvgIpc) is 2.52. The first kappa shape index (κ1) is 9.99. The summed E-state index contributed by atoms with van der Waals surface area (Å²) in [6.45, 7) is 1.90. The van der Waals surface area contributed by atoms with Gasteiger partial charge < -0.3 is 9.84 Å². The summed E-state index contributed by atoms with van der Waals surface area (Å²) in [5.74, 6) is -0.219. The van der Waals surface area contributed by atoms with E-state index in [9.17, 15) is 9.90 Å². The highest BCUT2D eigenvalue weighted by atomic mass is 16.6. The molecule has 1 N–H and O–H groups in total. The Morgan fingerprint density at radius 3 is 2.92 bits per heavy atom.